The highest BCUT2D eigenvalue weighted by molar-refractivity contribution is 6.09. The SMILES string of the molecule is CC(C)(C)c1cc(-[n+]2[c-]n(-c3cc(Oc4ccc5c6ccccc6n(-c6cc(C(C)(C)C)ccn6)c5c4)cc(-c4c(-c5ccccc5)cccc4-c4ccccc4)n3)c3ccccc32)cc(C(C)(C)C)c1. The van der Waals surface area contributed by atoms with Crippen LogP contribution in [-0.4, -0.2) is 19.1 Å². The maximum Gasteiger partial charge on any atom is 0.271 e. The van der Waals surface area contributed by atoms with E-state index in [0.29, 0.717) is 17.3 Å². The lowest BCUT2D eigenvalue weighted by molar-refractivity contribution is -0.572. The molecule has 0 N–H and O–H groups in total. The molecule has 4 aromatic heterocycles. The zero-order chi connectivity index (χ0) is 49.2. The van der Waals surface area contributed by atoms with Crippen LogP contribution >= 0.6 is 0 Å². The van der Waals surface area contributed by atoms with Gasteiger partial charge in [-0.1, -0.05) is 190 Å². The lowest BCUT2D eigenvalue weighted by atomic mass is 9.80. The number of hydrogen-bond donors (Lipinski definition) is 0. The van der Waals surface area contributed by atoms with Crippen LogP contribution in [0.1, 0.15) is 79.0 Å². The maximum atomic E-state index is 7.17. The third-order valence-electron chi connectivity index (χ3n) is 13.7. The van der Waals surface area contributed by atoms with Crippen LogP contribution in [0, 0.1) is 6.33 Å². The molecule has 7 aromatic carbocycles. The molecule has 0 atom stereocenters. The van der Waals surface area contributed by atoms with E-state index in [2.05, 4.69) is 264 Å². The smallest absolute Gasteiger partial charge is 0.271 e. The average Bonchev–Trinajstić information content (AvgIpc) is 3.92. The second-order valence-electron chi connectivity index (χ2n) is 21.8. The van der Waals surface area contributed by atoms with E-state index in [1.807, 2.05) is 12.3 Å². The lowest BCUT2D eigenvalue weighted by Crippen LogP contribution is -2.31. The van der Waals surface area contributed by atoms with Crippen molar-refractivity contribution in [2.75, 3.05) is 0 Å². The fourth-order valence-corrected chi connectivity index (χ4v) is 9.77. The Balaban J connectivity index is 1.15. The van der Waals surface area contributed by atoms with E-state index in [4.69, 9.17) is 14.7 Å². The van der Waals surface area contributed by atoms with Crippen molar-refractivity contribution < 1.29 is 9.30 Å². The Labute approximate surface area is 417 Å². The van der Waals surface area contributed by atoms with Crippen molar-refractivity contribution in [3.8, 4) is 62.3 Å². The summed E-state index contributed by atoms with van der Waals surface area (Å²) in [6.45, 7) is 20.4. The normalized spacial score (nSPS) is 12.3. The zero-order valence-electron chi connectivity index (χ0n) is 42.1. The number of pyridine rings is 2. The molecule has 4 heterocycles. The summed E-state index contributed by atoms with van der Waals surface area (Å²) in [7, 11) is 0. The predicted octanol–water partition coefficient (Wildman–Crippen LogP) is 16.3. The van der Waals surface area contributed by atoms with Gasteiger partial charge in [-0.25, -0.2) is 9.97 Å². The summed E-state index contributed by atoms with van der Waals surface area (Å²) in [5.41, 5.74) is 14.8. The second-order valence-corrected chi connectivity index (χ2v) is 21.8. The molecule has 0 unspecified atom stereocenters. The summed E-state index contributed by atoms with van der Waals surface area (Å²) in [6.07, 6.45) is 5.75. The summed E-state index contributed by atoms with van der Waals surface area (Å²) in [5, 5.41) is 2.28. The quantitative estimate of drug-likeness (QED) is 0.113. The minimum absolute atomic E-state index is 0.0471. The zero-order valence-corrected chi connectivity index (χ0v) is 42.1. The molecule has 0 radical (unpaired) electrons. The third kappa shape index (κ3) is 8.58. The standard InChI is InChI=1S/C65H59N5O/c1-63(2,3)45-33-34-66-60(38-45)70-56-28-17-16-25-53(56)54-32-31-49(40-59(54)70)71-50-39-55(62-51(43-21-12-10-13-22-43)26-20-27-52(62)44-23-14-11-15-24-44)67-61(41-50)69-42-68(57-29-18-19-30-58(57)69)48-36-46(64(4,5)6)35-47(37-48)65(7,8)9/h10-41H,1-9H3. The molecule has 0 fully saturated rings. The van der Waals surface area contributed by atoms with Crippen molar-refractivity contribution in [2.24, 2.45) is 0 Å². The highest BCUT2D eigenvalue weighted by Gasteiger charge is 2.25. The van der Waals surface area contributed by atoms with E-state index >= 15 is 0 Å². The number of ether oxygens (including phenoxy) is 1. The highest BCUT2D eigenvalue weighted by Crippen LogP contribution is 2.43. The van der Waals surface area contributed by atoms with E-state index in [1.165, 1.54) is 16.7 Å². The van der Waals surface area contributed by atoms with Crippen molar-refractivity contribution in [3.05, 3.63) is 217 Å². The van der Waals surface area contributed by atoms with Crippen LogP contribution in [0.3, 0.4) is 0 Å². The van der Waals surface area contributed by atoms with Gasteiger partial charge in [-0.15, -0.1) is 0 Å². The van der Waals surface area contributed by atoms with Gasteiger partial charge < -0.3 is 4.74 Å². The summed E-state index contributed by atoms with van der Waals surface area (Å²) < 4.78 is 13.7. The van der Waals surface area contributed by atoms with E-state index < -0.39 is 0 Å². The molecule has 11 rings (SSSR count). The van der Waals surface area contributed by atoms with Crippen molar-refractivity contribution >= 4 is 32.8 Å². The number of hydrogen-bond acceptors (Lipinski definition) is 3. The molecule has 0 saturated carbocycles. The molecule has 0 aliphatic carbocycles. The average molecular weight is 926 g/mol. The third-order valence-corrected chi connectivity index (χ3v) is 13.7. The van der Waals surface area contributed by atoms with Gasteiger partial charge in [-0.2, -0.15) is 0 Å². The summed E-state index contributed by atoms with van der Waals surface area (Å²) in [6, 6.07) is 66.6. The number of imidazole rings is 1. The fourth-order valence-electron chi connectivity index (χ4n) is 9.77. The highest BCUT2D eigenvalue weighted by atomic mass is 16.5. The molecule has 0 amide bonds. The van der Waals surface area contributed by atoms with Gasteiger partial charge in [0.2, 0.25) is 0 Å². The summed E-state index contributed by atoms with van der Waals surface area (Å²) in [4.78, 5) is 10.6. The van der Waals surface area contributed by atoms with Crippen molar-refractivity contribution in [1.82, 2.24) is 19.1 Å². The van der Waals surface area contributed by atoms with Gasteiger partial charge in [0.1, 0.15) is 17.3 Å². The molecule has 6 nitrogen and oxygen atoms in total. The number of para-hydroxylation sites is 3. The molecule has 71 heavy (non-hydrogen) atoms. The Kier molecular flexibility index (Phi) is 11.1. The molecule has 0 bridgehead atoms. The number of fused-ring (bicyclic) bond motifs is 4. The Hall–Kier alpha value is -8.09. The van der Waals surface area contributed by atoms with Crippen LogP contribution in [0.4, 0.5) is 0 Å². The first-order valence-electron chi connectivity index (χ1n) is 24.6. The fraction of sp³-hybridized carbons (Fsp3) is 0.185. The topological polar surface area (TPSA) is 48.8 Å². The minimum Gasteiger partial charge on any atom is -0.458 e. The van der Waals surface area contributed by atoms with Crippen LogP contribution in [0.15, 0.2) is 194 Å². The lowest BCUT2D eigenvalue weighted by Gasteiger charge is -2.26. The first kappa shape index (κ1) is 45.4. The summed E-state index contributed by atoms with van der Waals surface area (Å²) >= 11 is 0. The van der Waals surface area contributed by atoms with Crippen LogP contribution < -0.4 is 9.30 Å². The number of rotatable bonds is 8. The van der Waals surface area contributed by atoms with Crippen molar-refractivity contribution in [1.29, 1.82) is 0 Å². The molecule has 6 heteroatoms. The van der Waals surface area contributed by atoms with Crippen LogP contribution in [0.5, 0.6) is 11.5 Å². The molecule has 0 spiro atoms. The van der Waals surface area contributed by atoms with Gasteiger partial charge in [0.15, 0.2) is 5.82 Å². The Morgan fingerprint density at radius 2 is 1.06 bits per heavy atom. The van der Waals surface area contributed by atoms with Gasteiger partial charge in [-0.05, 0) is 97.7 Å². The molecule has 0 aliphatic rings. The van der Waals surface area contributed by atoms with Gasteiger partial charge in [0.05, 0.1) is 33.4 Å². The molecular weight excluding hydrogens is 867 g/mol. The van der Waals surface area contributed by atoms with Gasteiger partial charge >= 0.3 is 0 Å². The minimum atomic E-state index is -0.0655. The molecule has 0 aliphatic heterocycles. The summed E-state index contributed by atoms with van der Waals surface area (Å²) in [5.74, 6) is 2.88. The van der Waals surface area contributed by atoms with E-state index in [1.54, 1.807) is 0 Å². The monoisotopic (exact) mass is 925 g/mol. The predicted molar refractivity (Wildman–Crippen MR) is 292 cm³/mol. The van der Waals surface area contributed by atoms with Gasteiger partial charge in [0.25, 0.3) is 6.33 Å². The van der Waals surface area contributed by atoms with E-state index in [-0.39, 0.29) is 16.2 Å². The maximum absolute atomic E-state index is 7.17. The second kappa shape index (κ2) is 17.4. The van der Waals surface area contributed by atoms with Crippen LogP contribution in [-0.2, 0) is 16.2 Å². The van der Waals surface area contributed by atoms with E-state index in [0.717, 1.165) is 77.9 Å². The Bertz CT molecular complexity index is 3690. The van der Waals surface area contributed by atoms with E-state index in [9.17, 15) is 0 Å². The first-order chi connectivity index (χ1) is 34.1. The Morgan fingerprint density at radius 1 is 0.465 bits per heavy atom. The van der Waals surface area contributed by atoms with Crippen molar-refractivity contribution in [2.45, 2.75) is 78.6 Å². The Morgan fingerprint density at radius 3 is 1.70 bits per heavy atom. The largest absolute Gasteiger partial charge is 0.458 e. The van der Waals surface area contributed by atoms with Gasteiger partial charge in [0, 0.05) is 40.7 Å². The molecule has 11 aromatic rings. The van der Waals surface area contributed by atoms with Crippen LogP contribution in [0.2, 0.25) is 0 Å². The van der Waals surface area contributed by atoms with Crippen LogP contribution in [0.25, 0.3) is 83.7 Å². The van der Waals surface area contributed by atoms with Crippen molar-refractivity contribution in [3.63, 3.8) is 0 Å². The molecular formula is C65H59N5O. The first-order valence-corrected chi connectivity index (χ1v) is 24.6. The number of aromatic nitrogens is 5. The van der Waals surface area contributed by atoms with Gasteiger partial charge in [-0.3, -0.25) is 13.7 Å². The molecule has 0 saturated heterocycles. The number of benzene rings is 7. The molecule has 350 valence electrons. The number of nitrogens with zero attached hydrogens (tertiary/aromatic N) is 5.